The summed E-state index contributed by atoms with van der Waals surface area (Å²) in [7, 11) is 0. The van der Waals surface area contributed by atoms with Crippen LogP contribution in [0.4, 0.5) is 0 Å². The molecule has 2 aliphatic heterocycles. The molecule has 2 heterocycles. The fraction of sp³-hybridized carbons (Fsp3) is 0.889. The van der Waals surface area contributed by atoms with Crippen LogP contribution in [0.5, 0.6) is 0 Å². The smallest absolute Gasteiger partial charge is 0.251 e. The molecule has 0 radical (unpaired) electrons. The molecule has 2 saturated heterocycles. The predicted molar refractivity (Wildman–Crippen MR) is 48.1 cm³/mol. The number of carbonyl (C=O) groups excluding carboxylic acids is 1. The first-order chi connectivity index (χ1) is 6.31. The Morgan fingerprint density at radius 1 is 1.62 bits per heavy atom. The van der Waals surface area contributed by atoms with Crippen LogP contribution in [0.2, 0.25) is 0 Å². The van der Waals surface area contributed by atoms with E-state index in [0.717, 1.165) is 32.5 Å². The fourth-order valence-electron chi connectivity index (χ4n) is 2.08. The van der Waals surface area contributed by atoms with Gasteiger partial charge in [0.15, 0.2) is 0 Å². The van der Waals surface area contributed by atoms with E-state index in [-0.39, 0.29) is 12.0 Å². The van der Waals surface area contributed by atoms with Crippen molar-refractivity contribution in [2.24, 2.45) is 11.7 Å². The van der Waals surface area contributed by atoms with Crippen LogP contribution in [0.15, 0.2) is 0 Å². The van der Waals surface area contributed by atoms with Gasteiger partial charge in [0.05, 0.1) is 6.61 Å². The summed E-state index contributed by atoms with van der Waals surface area (Å²) in [5.41, 5.74) is 5.41. The highest BCUT2D eigenvalue weighted by molar-refractivity contribution is 5.82. The molecule has 0 aromatic carbocycles. The number of hydrogen-bond donors (Lipinski definition) is 1. The zero-order chi connectivity index (χ0) is 9.26. The number of rotatable bonds is 3. The number of carbonyl (C=O) groups is 1. The first-order valence-electron chi connectivity index (χ1n) is 4.91. The van der Waals surface area contributed by atoms with Crippen LogP contribution < -0.4 is 5.73 Å². The standard InChI is InChI=1S/C9H16N2O2/c10-2-1-3-11-5-7-4-8(9(11)12)13-6-7/h7-8H,1-6,10H2. The lowest BCUT2D eigenvalue weighted by Gasteiger charge is -2.29. The van der Waals surface area contributed by atoms with Crippen molar-refractivity contribution in [3.05, 3.63) is 0 Å². The van der Waals surface area contributed by atoms with E-state index in [9.17, 15) is 4.79 Å². The van der Waals surface area contributed by atoms with Crippen LogP contribution in [0.3, 0.4) is 0 Å². The average Bonchev–Trinajstić information content (AvgIpc) is 2.54. The molecule has 74 valence electrons. The average molecular weight is 184 g/mol. The van der Waals surface area contributed by atoms with Gasteiger partial charge in [-0.1, -0.05) is 0 Å². The summed E-state index contributed by atoms with van der Waals surface area (Å²) in [6.45, 7) is 3.08. The molecule has 0 aromatic heterocycles. The molecule has 13 heavy (non-hydrogen) atoms. The second-order valence-corrected chi connectivity index (χ2v) is 3.85. The van der Waals surface area contributed by atoms with E-state index in [2.05, 4.69) is 0 Å². The molecule has 0 spiro atoms. The van der Waals surface area contributed by atoms with E-state index in [1.165, 1.54) is 0 Å². The predicted octanol–water partition coefficient (Wildman–Crippen LogP) is -0.417. The monoisotopic (exact) mass is 184 g/mol. The molecule has 2 unspecified atom stereocenters. The van der Waals surface area contributed by atoms with Crippen molar-refractivity contribution in [1.82, 2.24) is 4.90 Å². The molecule has 1 amide bonds. The topological polar surface area (TPSA) is 55.6 Å². The normalized spacial score (nSPS) is 32.7. The van der Waals surface area contributed by atoms with Gasteiger partial charge in [-0.05, 0) is 19.4 Å². The van der Waals surface area contributed by atoms with Crippen molar-refractivity contribution in [2.45, 2.75) is 18.9 Å². The molecule has 2 atom stereocenters. The van der Waals surface area contributed by atoms with E-state index < -0.39 is 0 Å². The number of fused-ring (bicyclic) bond motifs is 2. The minimum absolute atomic E-state index is 0.142. The van der Waals surface area contributed by atoms with Crippen molar-refractivity contribution >= 4 is 5.91 Å². The van der Waals surface area contributed by atoms with Crippen LogP contribution >= 0.6 is 0 Å². The molecule has 2 N–H and O–H groups in total. The van der Waals surface area contributed by atoms with Crippen LogP contribution in [0.1, 0.15) is 12.8 Å². The van der Waals surface area contributed by atoms with Crippen molar-refractivity contribution in [1.29, 1.82) is 0 Å². The van der Waals surface area contributed by atoms with Gasteiger partial charge in [0.25, 0.3) is 5.91 Å². The molecule has 2 rings (SSSR count). The Kier molecular flexibility index (Phi) is 2.51. The molecule has 2 aliphatic rings. The molecule has 0 saturated carbocycles. The fourth-order valence-corrected chi connectivity index (χ4v) is 2.08. The van der Waals surface area contributed by atoms with Gasteiger partial charge in [-0.15, -0.1) is 0 Å². The molecule has 0 aromatic rings. The number of amides is 1. The van der Waals surface area contributed by atoms with Gasteiger partial charge in [0.1, 0.15) is 6.10 Å². The van der Waals surface area contributed by atoms with E-state index in [0.29, 0.717) is 12.5 Å². The summed E-state index contributed by atoms with van der Waals surface area (Å²) in [4.78, 5) is 13.6. The number of nitrogens with two attached hydrogens (primary N) is 1. The Balaban J connectivity index is 1.93. The third-order valence-electron chi connectivity index (χ3n) is 2.78. The van der Waals surface area contributed by atoms with Gasteiger partial charge >= 0.3 is 0 Å². The molecule has 2 fully saturated rings. The molecular weight excluding hydrogens is 168 g/mol. The number of nitrogens with zero attached hydrogens (tertiary/aromatic N) is 1. The second-order valence-electron chi connectivity index (χ2n) is 3.85. The first-order valence-corrected chi connectivity index (χ1v) is 4.91. The Hall–Kier alpha value is -0.610. The minimum atomic E-state index is -0.142. The highest BCUT2D eigenvalue weighted by atomic mass is 16.5. The summed E-state index contributed by atoms with van der Waals surface area (Å²) in [5, 5.41) is 0. The van der Waals surface area contributed by atoms with Gasteiger partial charge in [0, 0.05) is 19.0 Å². The van der Waals surface area contributed by atoms with E-state index in [4.69, 9.17) is 10.5 Å². The van der Waals surface area contributed by atoms with E-state index in [1.807, 2.05) is 4.90 Å². The maximum atomic E-state index is 11.6. The summed E-state index contributed by atoms with van der Waals surface area (Å²) >= 11 is 0. The van der Waals surface area contributed by atoms with Crippen LogP contribution in [-0.2, 0) is 9.53 Å². The number of piperidine rings is 1. The van der Waals surface area contributed by atoms with Crippen molar-refractivity contribution in [2.75, 3.05) is 26.2 Å². The summed E-state index contributed by atoms with van der Waals surface area (Å²) in [5.74, 6) is 0.739. The minimum Gasteiger partial charge on any atom is -0.368 e. The van der Waals surface area contributed by atoms with Gasteiger partial charge in [-0.25, -0.2) is 0 Å². The lowest BCUT2D eigenvalue weighted by atomic mass is 9.99. The highest BCUT2D eigenvalue weighted by Crippen LogP contribution is 2.27. The van der Waals surface area contributed by atoms with Gasteiger partial charge < -0.3 is 15.4 Å². The lowest BCUT2D eigenvalue weighted by molar-refractivity contribution is -0.141. The Morgan fingerprint density at radius 2 is 2.46 bits per heavy atom. The number of hydrogen-bond acceptors (Lipinski definition) is 3. The summed E-state index contributed by atoms with van der Waals surface area (Å²) in [6.07, 6.45) is 1.68. The van der Waals surface area contributed by atoms with Gasteiger partial charge in [0.2, 0.25) is 0 Å². The quantitative estimate of drug-likeness (QED) is 0.648. The van der Waals surface area contributed by atoms with Crippen molar-refractivity contribution < 1.29 is 9.53 Å². The molecule has 2 bridgehead atoms. The van der Waals surface area contributed by atoms with Crippen LogP contribution in [0, 0.1) is 5.92 Å². The van der Waals surface area contributed by atoms with Crippen molar-refractivity contribution in [3.8, 4) is 0 Å². The molecule has 0 aliphatic carbocycles. The second kappa shape index (κ2) is 3.64. The third kappa shape index (κ3) is 1.69. The largest absolute Gasteiger partial charge is 0.368 e. The summed E-state index contributed by atoms with van der Waals surface area (Å²) < 4.78 is 5.38. The van der Waals surface area contributed by atoms with E-state index in [1.54, 1.807) is 0 Å². The van der Waals surface area contributed by atoms with E-state index >= 15 is 0 Å². The maximum Gasteiger partial charge on any atom is 0.251 e. The number of likely N-dealkylation sites (tertiary alicyclic amines) is 1. The molecule has 4 nitrogen and oxygen atoms in total. The molecule has 4 heteroatoms. The Morgan fingerprint density at radius 3 is 3.23 bits per heavy atom. The Labute approximate surface area is 78.0 Å². The Bertz CT molecular complexity index is 208. The zero-order valence-electron chi connectivity index (χ0n) is 7.74. The highest BCUT2D eigenvalue weighted by Gasteiger charge is 2.39. The lowest BCUT2D eigenvalue weighted by Crippen LogP contribution is -2.45. The van der Waals surface area contributed by atoms with Crippen LogP contribution in [0.25, 0.3) is 0 Å². The van der Waals surface area contributed by atoms with Gasteiger partial charge in [-0.3, -0.25) is 4.79 Å². The zero-order valence-corrected chi connectivity index (χ0v) is 7.74. The first kappa shape index (κ1) is 8.97. The maximum absolute atomic E-state index is 11.6. The molecular formula is C9H16N2O2. The summed E-state index contributed by atoms with van der Waals surface area (Å²) in [6, 6.07) is 0. The SMILES string of the molecule is NCCCN1CC2COC(C2)C1=O. The van der Waals surface area contributed by atoms with Gasteiger partial charge in [-0.2, -0.15) is 0 Å². The number of ether oxygens (including phenoxy) is 1. The van der Waals surface area contributed by atoms with Crippen LogP contribution in [-0.4, -0.2) is 43.2 Å². The van der Waals surface area contributed by atoms with Crippen molar-refractivity contribution in [3.63, 3.8) is 0 Å². The third-order valence-corrected chi connectivity index (χ3v) is 2.78.